The molecule has 2 heteroatoms. The van der Waals surface area contributed by atoms with Crippen LogP contribution in [-0.4, -0.2) is 20.1 Å². The van der Waals surface area contributed by atoms with E-state index in [-0.39, 0.29) is 0 Å². The van der Waals surface area contributed by atoms with Gasteiger partial charge in [0.15, 0.2) is 0 Å². The number of anilines is 1. The molecule has 4 fully saturated rings. The van der Waals surface area contributed by atoms with Crippen LogP contribution in [0.4, 0.5) is 5.69 Å². The van der Waals surface area contributed by atoms with Crippen LogP contribution in [0.3, 0.4) is 0 Å². The van der Waals surface area contributed by atoms with E-state index in [0.29, 0.717) is 0 Å². The standard InChI is InChI=1S/C20H28N2/c1-22(2)15-6-3-5-13(9-15)12-21-18-11-14-10-16(18)19-17-7-4-8-20(14,17)19/h3,5-6,9,14,16-19,21H,4,7-8,10-12H2,1-2H3/t14-,16+,17?,18+,19+,20?/m0/s1. The third-order valence-electron chi connectivity index (χ3n) is 7.59. The summed E-state index contributed by atoms with van der Waals surface area (Å²) in [6.45, 7) is 1.04. The van der Waals surface area contributed by atoms with Crippen LogP contribution in [-0.2, 0) is 6.54 Å². The molecule has 118 valence electrons. The molecule has 0 saturated heterocycles. The van der Waals surface area contributed by atoms with E-state index >= 15 is 0 Å². The first-order valence-electron chi connectivity index (χ1n) is 9.20. The van der Waals surface area contributed by atoms with Gasteiger partial charge in [0.25, 0.3) is 0 Å². The Morgan fingerprint density at radius 2 is 2.18 bits per heavy atom. The Balaban J connectivity index is 1.25. The van der Waals surface area contributed by atoms with Crippen LogP contribution in [0, 0.1) is 29.1 Å². The number of nitrogens with zero attached hydrogens (tertiary/aromatic N) is 1. The van der Waals surface area contributed by atoms with Crippen molar-refractivity contribution in [1.82, 2.24) is 5.32 Å². The largest absolute Gasteiger partial charge is 0.378 e. The lowest BCUT2D eigenvalue weighted by Gasteiger charge is -2.28. The summed E-state index contributed by atoms with van der Waals surface area (Å²) in [5.74, 6) is 4.33. The third kappa shape index (κ3) is 1.65. The van der Waals surface area contributed by atoms with Gasteiger partial charge in [0, 0.05) is 32.4 Å². The zero-order chi connectivity index (χ0) is 14.9. The number of hydrogen-bond donors (Lipinski definition) is 1. The molecule has 4 aliphatic rings. The Hall–Kier alpha value is -1.02. The first kappa shape index (κ1) is 13.4. The highest BCUT2D eigenvalue weighted by Gasteiger charge is 2.78. The number of hydrogen-bond acceptors (Lipinski definition) is 2. The molecule has 0 aliphatic heterocycles. The fourth-order valence-electron chi connectivity index (χ4n) is 6.81. The first-order chi connectivity index (χ1) is 10.7. The predicted octanol–water partition coefficient (Wildman–Crippen LogP) is 3.67. The zero-order valence-electron chi connectivity index (χ0n) is 13.9. The molecule has 0 heterocycles. The van der Waals surface area contributed by atoms with E-state index in [2.05, 4.69) is 48.6 Å². The van der Waals surface area contributed by atoms with Crippen LogP contribution in [0.2, 0.25) is 0 Å². The van der Waals surface area contributed by atoms with E-state index in [1.54, 1.807) is 12.8 Å². The minimum Gasteiger partial charge on any atom is -0.378 e. The third-order valence-corrected chi connectivity index (χ3v) is 7.59. The Labute approximate surface area is 134 Å². The van der Waals surface area contributed by atoms with Crippen molar-refractivity contribution in [2.24, 2.45) is 29.1 Å². The number of rotatable bonds is 4. The predicted molar refractivity (Wildman–Crippen MR) is 90.9 cm³/mol. The molecule has 1 spiro atoms. The Morgan fingerprint density at radius 1 is 1.27 bits per heavy atom. The Kier molecular flexibility index (Phi) is 2.75. The Bertz CT molecular complexity index is 591. The summed E-state index contributed by atoms with van der Waals surface area (Å²) in [5.41, 5.74) is 3.61. The summed E-state index contributed by atoms with van der Waals surface area (Å²) in [5, 5.41) is 3.92. The molecule has 1 aromatic rings. The van der Waals surface area contributed by atoms with E-state index in [4.69, 9.17) is 0 Å². The summed E-state index contributed by atoms with van der Waals surface area (Å²) in [4.78, 5) is 2.19. The monoisotopic (exact) mass is 296 g/mol. The lowest BCUT2D eigenvalue weighted by molar-refractivity contribution is 0.251. The Morgan fingerprint density at radius 3 is 3.05 bits per heavy atom. The van der Waals surface area contributed by atoms with Crippen LogP contribution in [0.25, 0.3) is 0 Å². The van der Waals surface area contributed by atoms with Gasteiger partial charge >= 0.3 is 0 Å². The minimum absolute atomic E-state index is 0.800. The zero-order valence-corrected chi connectivity index (χ0v) is 13.9. The summed E-state index contributed by atoms with van der Waals surface area (Å²) >= 11 is 0. The molecule has 4 saturated carbocycles. The molecule has 4 aliphatic carbocycles. The molecule has 1 N–H and O–H groups in total. The molecule has 2 unspecified atom stereocenters. The molecule has 0 aromatic heterocycles. The smallest absolute Gasteiger partial charge is 0.0364 e. The van der Waals surface area contributed by atoms with Crippen molar-refractivity contribution in [1.29, 1.82) is 0 Å². The second-order valence-corrected chi connectivity index (χ2v) is 8.52. The molecular formula is C20H28N2. The second-order valence-electron chi connectivity index (χ2n) is 8.52. The highest BCUT2D eigenvalue weighted by atomic mass is 15.1. The van der Waals surface area contributed by atoms with E-state index in [1.807, 2.05) is 0 Å². The van der Waals surface area contributed by atoms with Crippen LogP contribution in [0.5, 0.6) is 0 Å². The molecule has 1 aromatic carbocycles. The molecule has 2 bridgehead atoms. The van der Waals surface area contributed by atoms with Crippen molar-refractivity contribution >= 4 is 5.69 Å². The lowest BCUT2D eigenvalue weighted by Crippen LogP contribution is -2.36. The van der Waals surface area contributed by atoms with E-state index in [1.165, 1.54) is 30.5 Å². The number of nitrogens with one attached hydrogen (secondary N) is 1. The average molecular weight is 296 g/mol. The first-order valence-corrected chi connectivity index (χ1v) is 9.20. The molecule has 0 radical (unpaired) electrons. The van der Waals surface area contributed by atoms with Gasteiger partial charge in [-0.25, -0.2) is 0 Å². The van der Waals surface area contributed by atoms with Gasteiger partial charge in [-0.05, 0) is 72.5 Å². The molecule has 5 rings (SSSR count). The summed E-state index contributed by atoms with van der Waals surface area (Å²) in [7, 11) is 4.24. The van der Waals surface area contributed by atoms with Gasteiger partial charge in [0.1, 0.15) is 0 Å². The van der Waals surface area contributed by atoms with E-state index < -0.39 is 0 Å². The molecule has 0 amide bonds. The maximum Gasteiger partial charge on any atom is 0.0364 e. The topological polar surface area (TPSA) is 15.3 Å². The van der Waals surface area contributed by atoms with Crippen molar-refractivity contribution in [3.63, 3.8) is 0 Å². The summed E-state index contributed by atoms with van der Waals surface area (Å²) in [6, 6.07) is 9.77. The van der Waals surface area contributed by atoms with Crippen LogP contribution < -0.4 is 10.2 Å². The fourth-order valence-corrected chi connectivity index (χ4v) is 6.81. The van der Waals surface area contributed by atoms with Crippen molar-refractivity contribution in [3.05, 3.63) is 29.8 Å². The van der Waals surface area contributed by atoms with Gasteiger partial charge in [-0.3, -0.25) is 0 Å². The maximum atomic E-state index is 3.92. The number of fused-ring (bicyclic) bond motifs is 4. The maximum absolute atomic E-state index is 3.92. The molecule has 22 heavy (non-hydrogen) atoms. The minimum atomic E-state index is 0.800. The average Bonchev–Trinajstić information content (AvgIpc) is 2.94. The van der Waals surface area contributed by atoms with Crippen LogP contribution >= 0.6 is 0 Å². The van der Waals surface area contributed by atoms with Crippen molar-refractivity contribution in [2.45, 2.75) is 44.7 Å². The van der Waals surface area contributed by atoms with E-state index in [0.717, 1.165) is 41.7 Å². The lowest BCUT2D eigenvalue weighted by atomic mass is 9.83. The van der Waals surface area contributed by atoms with Crippen molar-refractivity contribution < 1.29 is 0 Å². The number of benzene rings is 1. The second kappa shape index (κ2) is 4.50. The highest BCUT2D eigenvalue weighted by molar-refractivity contribution is 5.47. The molecule has 2 nitrogen and oxygen atoms in total. The normalized spacial score (nSPS) is 44.0. The fraction of sp³-hybridized carbons (Fsp3) is 0.700. The molecular weight excluding hydrogens is 268 g/mol. The van der Waals surface area contributed by atoms with Crippen molar-refractivity contribution in [3.8, 4) is 0 Å². The van der Waals surface area contributed by atoms with Gasteiger partial charge in [-0.1, -0.05) is 18.6 Å². The summed E-state index contributed by atoms with van der Waals surface area (Å²) < 4.78 is 0. The highest BCUT2D eigenvalue weighted by Crippen LogP contribution is 2.83. The SMILES string of the molecule is CN(C)c1cccc(CN[C@@H]2C[C@@H]3C[C@H]2[C@@H]2C4CCCC432)c1. The summed E-state index contributed by atoms with van der Waals surface area (Å²) in [6.07, 6.45) is 7.65. The van der Waals surface area contributed by atoms with Crippen LogP contribution in [0.15, 0.2) is 24.3 Å². The van der Waals surface area contributed by atoms with Gasteiger partial charge in [0.2, 0.25) is 0 Å². The quantitative estimate of drug-likeness (QED) is 0.912. The van der Waals surface area contributed by atoms with Gasteiger partial charge < -0.3 is 10.2 Å². The van der Waals surface area contributed by atoms with Gasteiger partial charge in [-0.15, -0.1) is 0 Å². The van der Waals surface area contributed by atoms with Gasteiger partial charge in [-0.2, -0.15) is 0 Å². The molecule has 6 atom stereocenters. The van der Waals surface area contributed by atoms with Gasteiger partial charge in [0.05, 0.1) is 0 Å². The van der Waals surface area contributed by atoms with Crippen molar-refractivity contribution in [2.75, 3.05) is 19.0 Å². The van der Waals surface area contributed by atoms with E-state index in [9.17, 15) is 0 Å². The van der Waals surface area contributed by atoms with Crippen LogP contribution in [0.1, 0.15) is 37.7 Å².